The molecule has 0 fully saturated rings. The van der Waals surface area contributed by atoms with E-state index in [1.54, 1.807) is 0 Å². The zero-order chi connectivity index (χ0) is 8.48. The van der Waals surface area contributed by atoms with Gasteiger partial charge < -0.3 is 0 Å². The van der Waals surface area contributed by atoms with Crippen LogP contribution in [0.4, 0.5) is 0 Å². The molecule has 0 saturated heterocycles. The zero-order valence-corrected chi connectivity index (χ0v) is 14.0. The van der Waals surface area contributed by atoms with Crippen molar-refractivity contribution in [2.75, 3.05) is 0 Å². The fraction of sp³-hybridized carbons (Fsp3) is 0.600. The Labute approximate surface area is 97.7 Å². The summed E-state index contributed by atoms with van der Waals surface area (Å²) >= 11 is 0. The van der Waals surface area contributed by atoms with E-state index in [9.17, 15) is 0 Å². The Morgan fingerprint density at radius 1 is 1.58 bits per heavy atom. The van der Waals surface area contributed by atoms with E-state index < -0.39 is 0 Å². The quantitative estimate of drug-likeness (QED) is 0.530. The molecule has 0 aliphatic heterocycles. The molecule has 1 unspecified atom stereocenters. The molecule has 1 rings (SSSR count). The molecule has 2 heteroatoms. The second-order valence-electron chi connectivity index (χ2n) is 4.07. The summed E-state index contributed by atoms with van der Waals surface area (Å²) in [6, 6.07) is 0. The van der Waals surface area contributed by atoms with Gasteiger partial charge in [0.1, 0.15) is 0 Å². The van der Waals surface area contributed by atoms with Gasteiger partial charge in [-0.3, -0.25) is 6.08 Å². The largest absolute Gasteiger partial charge is 0.269 e. The maximum atomic E-state index is 3.41. The van der Waals surface area contributed by atoms with Gasteiger partial charge >= 0.3 is 0 Å². The Hall–Kier alpha value is 0.567. The SMILES string of the molecule is CC([SiH3])C(C)(C)C1=[C-]CC=C1.[Hf]. The third kappa shape index (κ3) is 2.53. The average Bonchev–Trinajstić information content (AvgIpc) is 2.37. The molecule has 12 heavy (non-hydrogen) atoms. The molecule has 0 spiro atoms. The van der Waals surface area contributed by atoms with E-state index in [0.29, 0.717) is 5.41 Å². The normalized spacial score (nSPS) is 18.8. The van der Waals surface area contributed by atoms with E-state index in [2.05, 4.69) is 39.0 Å². The first-order chi connectivity index (χ1) is 5.05. The molecule has 66 valence electrons. The van der Waals surface area contributed by atoms with Crippen LogP contribution in [0.5, 0.6) is 0 Å². The maximum Gasteiger partial charge on any atom is 0.00733 e. The third-order valence-corrected chi connectivity index (χ3v) is 4.28. The maximum absolute atomic E-state index is 3.41. The topological polar surface area (TPSA) is 0 Å². The predicted octanol–water partition coefficient (Wildman–Crippen LogP) is 1.87. The van der Waals surface area contributed by atoms with Gasteiger partial charge in [-0.15, -0.1) is 6.42 Å². The van der Waals surface area contributed by atoms with Gasteiger partial charge in [0, 0.05) is 36.1 Å². The van der Waals surface area contributed by atoms with Crippen LogP contribution in [0.15, 0.2) is 17.7 Å². The molecular formula is C10H17HfSi-. The summed E-state index contributed by atoms with van der Waals surface area (Å²) in [7, 11) is 1.27. The smallest absolute Gasteiger partial charge is 0.00733 e. The summed E-state index contributed by atoms with van der Waals surface area (Å²) in [5.41, 5.74) is 2.60. The molecule has 0 aromatic carbocycles. The molecule has 0 saturated carbocycles. The van der Waals surface area contributed by atoms with Crippen molar-refractivity contribution in [1.82, 2.24) is 0 Å². The van der Waals surface area contributed by atoms with Crippen molar-refractivity contribution >= 4 is 10.2 Å². The first-order valence-corrected chi connectivity index (χ1v) is 5.48. The molecule has 0 amide bonds. The molecule has 0 bridgehead atoms. The summed E-state index contributed by atoms with van der Waals surface area (Å²) in [6.45, 7) is 6.97. The Kier molecular flexibility index (Phi) is 4.93. The van der Waals surface area contributed by atoms with Gasteiger partial charge in [-0.05, 0) is 5.41 Å². The monoisotopic (exact) mass is 345 g/mol. The number of rotatable bonds is 2. The van der Waals surface area contributed by atoms with Crippen LogP contribution in [0.1, 0.15) is 27.2 Å². The van der Waals surface area contributed by atoms with Crippen LogP contribution in [0, 0.1) is 11.5 Å². The first kappa shape index (κ1) is 12.6. The molecule has 0 aromatic rings. The van der Waals surface area contributed by atoms with Crippen LogP contribution in [0.2, 0.25) is 5.54 Å². The van der Waals surface area contributed by atoms with Crippen LogP contribution >= 0.6 is 0 Å². The molecule has 0 nitrogen and oxygen atoms in total. The van der Waals surface area contributed by atoms with Crippen molar-refractivity contribution in [2.45, 2.75) is 32.7 Å². The zero-order valence-electron chi connectivity index (χ0n) is 8.44. The number of allylic oxidation sites excluding steroid dienone is 4. The Balaban J connectivity index is 0.00000121. The van der Waals surface area contributed by atoms with Crippen LogP contribution in [0.3, 0.4) is 0 Å². The molecule has 1 aliphatic carbocycles. The number of hydrogen-bond donors (Lipinski definition) is 0. The van der Waals surface area contributed by atoms with Gasteiger partial charge in [0.25, 0.3) is 0 Å². The van der Waals surface area contributed by atoms with Crippen LogP contribution < -0.4 is 0 Å². The van der Waals surface area contributed by atoms with Crippen molar-refractivity contribution < 1.29 is 25.8 Å². The Bertz CT molecular complexity index is 202. The van der Waals surface area contributed by atoms with Crippen molar-refractivity contribution in [3.05, 3.63) is 23.8 Å². The van der Waals surface area contributed by atoms with Gasteiger partial charge in [-0.2, -0.15) is 6.08 Å². The van der Waals surface area contributed by atoms with E-state index in [0.717, 1.165) is 12.0 Å². The van der Waals surface area contributed by atoms with E-state index in [1.807, 2.05) is 0 Å². The average molecular weight is 344 g/mol. The van der Waals surface area contributed by atoms with Crippen molar-refractivity contribution in [3.8, 4) is 0 Å². The minimum atomic E-state index is 0. The summed E-state index contributed by atoms with van der Waals surface area (Å²) < 4.78 is 0. The van der Waals surface area contributed by atoms with Crippen molar-refractivity contribution in [2.24, 2.45) is 5.41 Å². The second-order valence-corrected chi connectivity index (χ2v) is 5.81. The molecule has 0 N–H and O–H groups in total. The minimum absolute atomic E-state index is 0. The van der Waals surface area contributed by atoms with E-state index in [-0.39, 0.29) is 25.8 Å². The molecule has 0 aromatic heterocycles. The fourth-order valence-electron chi connectivity index (χ4n) is 1.16. The van der Waals surface area contributed by atoms with E-state index >= 15 is 0 Å². The van der Waals surface area contributed by atoms with E-state index in [1.165, 1.54) is 15.8 Å². The second kappa shape index (κ2) is 4.71. The van der Waals surface area contributed by atoms with Gasteiger partial charge in [-0.1, -0.05) is 26.3 Å². The fourth-order valence-corrected chi connectivity index (χ4v) is 1.47. The molecule has 0 heterocycles. The Morgan fingerprint density at radius 3 is 2.50 bits per heavy atom. The predicted molar refractivity (Wildman–Crippen MR) is 53.7 cm³/mol. The molecule has 1 atom stereocenters. The van der Waals surface area contributed by atoms with Gasteiger partial charge in [0.2, 0.25) is 0 Å². The third-order valence-electron chi connectivity index (χ3n) is 2.83. The summed E-state index contributed by atoms with van der Waals surface area (Å²) in [6.07, 6.45) is 8.85. The minimum Gasteiger partial charge on any atom is -0.269 e. The van der Waals surface area contributed by atoms with Crippen molar-refractivity contribution in [1.29, 1.82) is 0 Å². The molecular weight excluding hydrogens is 327 g/mol. The Morgan fingerprint density at radius 2 is 2.17 bits per heavy atom. The van der Waals surface area contributed by atoms with Crippen molar-refractivity contribution in [3.63, 3.8) is 0 Å². The summed E-state index contributed by atoms with van der Waals surface area (Å²) in [5.74, 6) is 0. The number of hydrogen-bond acceptors (Lipinski definition) is 0. The first-order valence-electron chi connectivity index (χ1n) is 4.33. The standard InChI is InChI=1S/C10H17Si.Hf/c1-8(11)10(2,3)9-6-4-5-7-9;/h4,6,8H,5H2,1-3,11H3;/q-1;. The van der Waals surface area contributed by atoms with Gasteiger partial charge in [-0.25, -0.2) is 11.6 Å². The summed E-state index contributed by atoms with van der Waals surface area (Å²) in [4.78, 5) is 0. The van der Waals surface area contributed by atoms with Crippen LogP contribution in [-0.2, 0) is 25.8 Å². The van der Waals surface area contributed by atoms with Crippen LogP contribution in [0.25, 0.3) is 0 Å². The van der Waals surface area contributed by atoms with Gasteiger partial charge in [0.05, 0.1) is 0 Å². The van der Waals surface area contributed by atoms with Crippen LogP contribution in [-0.4, -0.2) is 10.2 Å². The van der Waals surface area contributed by atoms with E-state index in [4.69, 9.17) is 0 Å². The summed E-state index contributed by atoms with van der Waals surface area (Å²) in [5, 5.41) is 0. The van der Waals surface area contributed by atoms with Gasteiger partial charge in [0.15, 0.2) is 0 Å². The molecule has 1 aliphatic rings. The molecule has 0 radical (unpaired) electrons.